The fourth-order valence-corrected chi connectivity index (χ4v) is 1.88. The van der Waals surface area contributed by atoms with Crippen molar-refractivity contribution in [1.29, 1.82) is 0 Å². The summed E-state index contributed by atoms with van der Waals surface area (Å²) in [7, 11) is 0. The Bertz CT molecular complexity index is 597. The van der Waals surface area contributed by atoms with Gasteiger partial charge in [-0.2, -0.15) is 0 Å². The topological polar surface area (TPSA) is 75.4 Å². The van der Waals surface area contributed by atoms with Gasteiger partial charge in [0.2, 0.25) is 0 Å². The van der Waals surface area contributed by atoms with Crippen molar-refractivity contribution in [2.24, 2.45) is 0 Å². The normalized spacial score (nSPS) is 10.2. The van der Waals surface area contributed by atoms with Gasteiger partial charge in [-0.05, 0) is 35.9 Å². The van der Waals surface area contributed by atoms with Crippen LogP contribution < -0.4 is 11.1 Å². The minimum Gasteiger partial charge on any atom is -0.399 e. The highest BCUT2D eigenvalue weighted by atomic mass is 35.5. The quantitative estimate of drug-likeness (QED) is 0.755. The lowest BCUT2D eigenvalue weighted by molar-refractivity contribution is 0.102. The second kappa shape index (κ2) is 5.73. The van der Waals surface area contributed by atoms with Crippen LogP contribution in [-0.4, -0.2) is 11.0 Å². The van der Waals surface area contributed by atoms with Crippen molar-refractivity contribution < 1.29 is 9.90 Å². The number of anilines is 2. The van der Waals surface area contributed by atoms with Crippen molar-refractivity contribution in [3.8, 4) is 0 Å². The maximum atomic E-state index is 12.0. The largest absolute Gasteiger partial charge is 0.399 e. The van der Waals surface area contributed by atoms with Gasteiger partial charge in [0.25, 0.3) is 5.91 Å². The van der Waals surface area contributed by atoms with Gasteiger partial charge in [0.15, 0.2) is 0 Å². The Kier molecular flexibility index (Phi) is 4.04. The van der Waals surface area contributed by atoms with E-state index in [2.05, 4.69) is 5.32 Å². The van der Waals surface area contributed by atoms with E-state index in [1.165, 1.54) is 6.07 Å². The van der Waals surface area contributed by atoms with E-state index in [0.29, 0.717) is 22.0 Å². The van der Waals surface area contributed by atoms with E-state index in [1.807, 2.05) is 0 Å². The van der Waals surface area contributed by atoms with Crippen molar-refractivity contribution in [3.05, 3.63) is 58.6 Å². The molecule has 0 bridgehead atoms. The number of nitrogen functional groups attached to an aromatic ring is 1. The van der Waals surface area contributed by atoms with E-state index in [4.69, 9.17) is 22.4 Å². The highest BCUT2D eigenvalue weighted by Crippen LogP contribution is 2.20. The van der Waals surface area contributed by atoms with Crippen molar-refractivity contribution in [3.63, 3.8) is 0 Å². The predicted octanol–water partition coefficient (Wildman–Crippen LogP) is 2.67. The highest BCUT2D eigenvalue weighted by molar-refractivity contribution is 6.34. The fraction of sp³-hybridized carbons (Fsp3) is 0.0714. The number of hydrogen-bond donors (Lipinski definition) is 3. The van der Waals surface area contributed by atoms with Crippen LogP contribution in [0.5, 0.6) is 0 Å². The van der Waals surface area contributed by atoms with Crippen molar-refractivity contribution >= 4 is 28.9 Å². The molecule has 0 aliphatic heterocycles. The Balaban J connectivity index is 2.15. The molecule has 5 heteroatoms. The standard InChI is InChI=1S/C14H13ClN2O2/c15-13-7-10(16)3-6-12(13)14(19)17-11-4-1-9(8-18)2-5-11/h1-7,18H,8,16H2,(H,17,19). The molecule has 0 fully saturated rings. The van der Waals surface area contributed by atoms with Gasteiger partial charge in [-0.25, -0.2) is 0 Å². The second-order valence-corrected chi connectivity index (χ2v) is 4.46. The summed E-state index contributed by atoms with van der Waals surface area (Å²) in [6.45, 7) is -0.0297. The zero-order valence-corrected chi connectivity index (χ0v) is 10.8. The summed E-state index contributed by atoms with van der Waals surface area (Å²) in [5.74, 6) is -0.304. The van der Waals surface area contributed by atoms with E-state index >= 15 is 0 Å². The number of nitrogens with two attached hydrogens (primary N) is 1. The van der Waals surface area contributed by atoms with Gasteiger partial charge >= 0.3 is 0 Å². The number of rotatable bonds is 3. The van der Waals surface area contributed by atoms with Crippen LogP contribution in [0.1, 0.15) is 15.9 Å². The molecular weight excluding hydrogens is 264 g/mol. The third kappa shape index (κ3) is 3.24. The molecule has 0 atom stereocenters. The second-order valence-electron chi connectivity index (χ2n) is 4.05. The van der Waals surface area contributed by atoms with Crippen LogP contribution in [-0.2, 0) is 6.61 Å². The highest BCUT2D eigenvalue weighted by Gasteiger charge is 2.10. The van der Waals surface area contributed by atoms with Crippen LogP contribution >= 0.6 is 11.6 Å². The van der Waals surface area contributed by atoms with Crippen molar-refractivity contribution in [2.75, 3.05) is 11.1 Å². The number of hydrogen-bond acceptors (Lipinski definition) is 3. The number of amides is 1. The van der Waals surface area contributed by atoms with Crippen LogP contribution in [0.2, 0.25) is 5.02 Å². The molecule has 0 aliphatic carbocycles. The lowest BCUT2D eigenvalue weighted by Gasteiger charge is -2.07. The molecule has 1 amide bonds. The maximum Gasteiger partial charge on any atom is 0.257 e. The van der Waals surface area contributed by atoms with Gasteiger partial charge in [-0.1, -0.05) is 23.7 Å². The van der Waals surface area contributed by atoms with E-state index in [9.17, 15) is 4.79 Å². The van der Waals surface area contributed by atoms with Gasteiger partial charge in [-0.3, -0.25) is 4.79 Å². The summed E-state index contributed by atoms with van der Waals surface area (Å²) in [6, 6.07) is 11.6. The van der Waals surface area contributed by atoms with Crippen LogP contribution in [0, 0.1) is 0 Å². The first-order valence-electron chi connectivity index (χ1n) is 5.66. The van der Waals surface area contributed by atoms with E-state index in [-0.39, 0.29) is 12.5 Å². The average Bonchev–Trinajstić information content (AvgIpc) is 2.39. The SMILES string of the molecule is Nc1ccc(C(=O)Nc2ccc(CO)cc2)c(Cl)c1. The number of aliphatic hydroxyl groups excluding tert-OH is 1. The summed E-state index contributed by atoms with van der Waals surface area (Å²) < 4.78 is 0. The minimum atomic E-state index is -0.304. The lowest BCUT2D eigenvalue weighted by Crippen LogP contribution is -2.12. The van der Waals surface area contributed by atoms with Gasteiger partial charge in [0.05, 0.1) is 17.2 Å². The summed E-state index contributed by atoms with van der Waals surface area (Å²) in [4.78, 5) is 12.0. The predicted molar refractivity (Wildman–Crippen MR) is 76.2 cm³/mol. The molecule has 2 rings (SSSR count). The molecule has 0 unspecified atom stereocenters. The van der Waals surface area contributed by atoms with Crippen molar-refractivity contribution in [2.45, 2.75) is 6.61 Å². The molecule has 0 aromatic heterocycles. The Hall–Kier alpha value is -2.04. The molecule has 4 N–H and O–H groups in total. The first-order valence-corrected chi connectivity index (χ1v) is 6.04. The molecule has 0 radical (unpaired) electrons. The molecule has 0 saturated carbocycles. The Labute approximate surface area is 115 Å². The Morgan fingerprint density at radius 1 is 1.21 bits per heavy atom. The van der Waals surface area contributed by atoms with Crippen LogP contribution in [0.15, 0.2) is 42.5 Å². The number of aliphatic hydroxyl groups is 1. The molecule has 19 heavy (non-hydrogen) atoms. The number of nitrogens with one attached hydrogen (secondary N) is 1. The molecular formula is C14H13ClN2O2. The van der Waals surface area contributed by atoms with Gasteiger partial charge in [-0.15, -0.1) is 0 Å². The number of carbonyl (C=O) groups is 1. The summed E-state index contributed by atoms with van der Waals surface area (Å²) in [5.41, 5.74) is 7.86. The fourth-order valence-electron chi connectivity index (χ4n) is 1.61. The van der Waals surface area contributed by atoms with Crippen LogP contribution in [0.25, 0.3) is 0 Å². The summed E-state index contributed by atoms with van der Waals surface area (Å²) in [6.07, 6.45) is 0. The third-order valence-electron chi connectivity index (χ3n) is 2.63. The number of benzene rings is 2. The minimum absolute atomic E-state index is 0.0297. The van der Waals surface area contributed by atoms with Crippen LogP contribution in [0.3, 0.4) is 0 Å². The molecule has 0 saturated heterocycles. The first-order chi connectivity index (χ1) is 9.10. The lowest BCUT2D eigenvalue weighted by atomic mass is 10.1. The van der Waals surface area contributed by atoms with Gasteiger partial charge in [0.1, 0.15) is 0 Å². The van der Waals surface area contributed by atoms with Gasteiger partial charge < -0.3 is 16.2 Å². The molecule has 98 valence electrons. The average molecular weight is 277 g/mol. The number of halogens is 1. The zero-order valence-electron chi connectivity index (χ0n) is 10.1. The molecule has 4 nitrogen and oxygen atoms in total. The molecule has 2 aromatic carbocycles. The summed E-state index contributed by atoms with van der Waals surface area (Å²) >= 11 is 5.96. The van der Waals surface area contributed by atoms with Crippen LogP contribution in [0.4, 0.5) is 11.4 Å². The van der Waals surface area contributed by atoms with E-state index < -0.39 is 0 Å². The molecule has 0 spiro atoms. The maximum absolute atomic E-state index is 12.0. The zero-order chi connectivity index (χ0) is 13.8. The number of carbonyl (C=O) groups excluding carboxylic acids is 1. The monoisotopic (exact) mass is 276 g/mol. The van der Waals surface area contributed by atoms with Crippen molar-refractivity contribution in [1.82, 2.24) is 0 Å². The molecule has 0 heterocycles. The van der Waals surface area contributed by atoms with E-state index in [1.54, 1.807) is 36.4 Å². The summed E-state index contributed by atoms with van der Waals surface area (Å²) in [5, 5.41) is 12.0. The van der Waals surface area contributed by atoms with E-state index in [0.717, 1.165) is 5.56 Å². The Morgan fingerprint density at radius 2 is 1.89 bits per heavy atom. The first kappa shape index (κ1) is 13.4. The molecule has 0 aliphatic rings. The van der Waals surface area contributed by atoms with Gasteiger partial charge in [0, 0.05) is 11.4 Å². The Morgan fingerprint density at radius 3 is 2.47 bits per heavy atom. The smallest absolute Gasteiger partial charge is 0.257 e. The molecule has 2 aromatic rings. The third-order valence-corrected chi connectivity index (χ3v) is 2.94.